The quantitative estimate of drug-likeness (QED) is 0.646. The summed E-state index contributed by atoms with van der Waals surface area (Å²) in [7, 11) is 0. The van der Waals surface area contributed by atoms with Crippen LogP contribution in [0.2, 0.25) is 0 Å². The van der Waals surface area contributed by atoms with Gasteiger partial charge in [-0.15, -0.1) is 0 Å². The Morgan fingerprint density at radius 2 is 1.73 bits per heavy atom. The van der Waals surface area contributed by atoms with Gasteiger partial charge in [0.2, 0.25) is 0 Å². The molecule has 2 aromatic heterocycles. The fourth-order valence-corrected chi connectivity index (χ4v) is 0.916. The van der Waals surface area contributed by atoms with Crippen molar-refractivity contribution in [2.75, 3.05) is 0 Å². The molecule has 0 unspecified atom stereocenters. The van der Waals surface area contributed by atoms with Gasteiger partial charge in [0, 0.05) is 17.8 Å². The maximum Gasteiger partial charge on any atom is 0.0885 e. The van der Waals surface area contributed by atoms with Gasteiger partial charge in [0.1, 0.15) is 0 Å². The van der Waals surface area contributed by atoms with Crippen LogP contribution in [0.25, 0.3) is 10.9 Å². The van der Waals surface area contributed by atoms with Crippen LogP contribution in [0.15, 0.2) is 36.8 Å². The van der Waals surface area contributed by atoms with Crippen LogP contribution in [0.1, 0.15) is 34.1 Å². The molecule has 0 bridgehead atoms. The van der Waals surface area contributed by atoms with Crippen LogP contribution in [0.3, 0.4) is 0 Å². The summed E-state index contributed by atoms with van der Waals surface area (Å²) in [6.45, 7) is 8.25. The molecule has 0 atom stereocenters. The molecule has 82 valence electrons. The van der Waals surface area contributed by atoms with E-state index < -0.39 is 0 Å². The summed E-state index contributed by atoms with van der Waals surface area (Å²) in [4.78, 5) is 8.07. The van der Waals surface area contributed by atoms with Crippen molar-refractivity contribution in [3.05, 3.63) is 36.8 Å². The first-order chi connectivity index (χ1) is 7.38. The number of nitrogens with zero attached hydrogens (tertiary/aromatic N) is 2. The summed E-state index contributed by atoms with van der Waals surface area (Å²) < 4.78 is 0. The van der Waals surface area contributed by atoms with E-state index in [0.29, 0.717) is 0 Å². The second-order valence-electron chi connectivity index (χ2n) is 2.78. The van der Waals surface area contributed by atoms with Gasteiger partial charge in [-0.1, -0.05) is 40.2 Å². The summed E-state index contributed by atoms with van der Waals surface area (Å²) in [5, 5.41) is 1.14. The first-order valence-corrected chi connectivity index (χ1v) is 5.53. The van der Waals surface area contributed by atoms with E-state index in [4.69, 9.17) is 0 Å². The van der Waals surface area contributed by atoms with Gasteiger partial charge in [-0.3, -0.25) is 9.97 Å². The summed E-state index contributed by atoms with van der Waals surface area (Å²) >= 11 is 0. The highest BCUT2D eigenvalue weighted by Crippen LogP contribution is 2.05. The van der Waals surface area contributed by atoms with Crippen molar-refractivity contribution in [1.82, 2.24) is 9.97 Å². The zero-order chi connectivity index (χ0) is 11.5. The van der Waals surface area contributed by atoms with Crippen LogP contribution in [0, 0.1) is 0 Å². The van der Waals surface area contributed by atoms with Crippen molar-refractivity contribution < 1.29 is 0 Å². The van der Waals surface area contributed by atoms with E-state index in [2.05, 4.69) is 23.8 Å². The van der Waals surface area contributed by atoms with Gasteiger partial charge in [0.25, 0.3) is 0 Å². The number of rotatable bonds is 0. The van der Waals surface area contributed by atoms with Crippen LogP contribution in [0.5, 0.6) is 0 Å². The summed E-state index contributed by atoms with van der Waals surface area (Å²) in [5.74, 6) is 0. The largest absolute Gasteiger partial charge is 0.262 e. The summed E-state index contributed by atoms with van der Waals surface area (Å²) in [5.41, 5.74) is 0.949. The average Bonchev–Trinajstić information content (AvgIpc) is 2.33. The highest BCUT2D eigenvalue weighted by molar-refractivity contribution is 5.76. The predicted molar refractivity (Wildman–Crippen MR) is 66.9 cm³/mol. The molecule has 0 saturated carbocycles. The molecule has 2 nitrogen and oxygen atoms in total. The number of hydrogen-bond acceptors (Lipinski definition) is 2. The fourth-order valence-electron chi connectivity index (χ4n) is 0.916. The molecule has 0 amide bonds. The summed E-state index contributed by atoms with van der Waals surface area (Å²) in [6.07, 6.45) is 6.54. The van der Waals surface area contributed by atoms with Crippen molar-refractivity contribution >= 4 is 10.9 Å². The van der Waals surface area contributed by atoms with E-state index in [0.717, 1.165) is 10.9 Å². The highest BCUT2D eigenvalue weighted by Gasteiger charge is 1.87. The van der Waals surface area contributed by atoms with Crippen LogP contribution in [-0.2, 0) is 0 Å². The Labute approximate surface area is 92.4 Å². The Morgan fingerprint density at radius 1 is 1.07 bits per heavy atom. The van der Waals surface area contributed by atoms with Crippen LogP contribution < -0.4 is 0 Å². The van der Waals surface area contributed by atoms with Crippen molar-refractivity contribution in [2.24, 2.45) is 0 Å². The molecule has 0 saturated heterocycles. The minimum atomic E-state index is 0.949. The third kappa shape index (κ3) is 5.11. The number of hydrogen-bond donors (Lipinski definition) is 0. The van der Waals surface area contributed by atoms with Gasteiger partial charge >= 0.3 is 0 Å². The predicted octanol–water partition coefficient (Wildman–Crippen LogP) is 4.07. The molecule has 2 heterocycles. The lowest BCUT2D eigenvalue weighted by Gasteiger charge is -1.90. The zero-order valence-electron chi connectivity index (χ0n) is 10.1. The zero-order valence-corrected chi connectivity index (χ0v) is 10.1. The van der Waals surface area contributed by atoms with Crippen LogP contribution in [0.4, 0.5) is 0 Å². The molecule has 0 spiro atoms. The normalized spacial score (nSPS) is 8.27. The van der Waals surface area contributed by atoms with E-state index in [-0.39, 0.29) is 0 Å². The van der Waals surface area contributed by atoms with Gasteiger partial charge in [-0.05, 0) is 12.1 Å². The molecule has 0 aliphatic heterocycles. The lowest BCUT2D eigenvalue weighted by Crippen LogP contribution is -1.76. The average molecular weight is 204 g/mol. The molecule has 0 N–H and O–H groups in total. The van der Waals surface area contributed by atoms with Crippen molar-refractivity contribution in [3.63, 3.8) is 0 Å². The number of fused-ring (bicyclic) bond motifs is 1. The van der Waals surface area contributed by atoms with Gasteiger partial charge in [-0.2, -0.15) is 0 Å². The molecular weight excluding hydrogens is 184 g/mol. The molecule has 2 aromatic rings. The first kappa shape index (κ1) is 13.6. The Hall–Kier alpha value is -1.44. The topological polar surface area (TPSA) is 25.8 Å². The number of pyridine rings is 2. The molecule has 0 aromatic carbocycles. The smallest absolute Gasteiger partial charge is 0.0885 e. The Morgan fingerprint density at radius 3 is 2.33 bits per heavy atom. The minimum absolute atomic E-state index is 0.949. The maximum atomic E-state index is 4.12. The molecule has 15 heavy (non-hydrogen) atoms. The molecule has 0 aliphatic rings. The van der Waals surface area contributed by atoms with Crippen LogP contribution >= 0.6 is 0 Å². The van der Waals surface area contributed by atoms with Crippen molar-refractivity contribution in [2.45, 2.75) is 34.1 Å². The van der Waals surface area contributed by atoms with Crippen LogP contribution in [-0.4, -0.2) is 9.97 Å². The van der Waals surface area contributed by atoms with E-state index in [1.165, 1.54) is 6.42 Å². The molecule has 0 fully saturated rings. The van der Waals surface area contributed by atoms with Gasteiger partial charge in [0.05, 0.1) is 11.7 Å². The maximum absolute atomic E-state index is 4.12. The lowest BCUT2D eigenvalue weighted by atomic mass is 10.3. The van der Waals surface area contributed by atoms with Gasteiger partial charge in [-0.25, -0.2) is 0 Å². The second kappa shape index (κ2) is 9.13. The lowest BCUT2D eigenvalue weighted by molar-refractivity contribution is 1.09. The summed E-state index contributed by atoms with van der Waals surface area (Å²) in [6, 6.07) is 5.88. The standard InChI is InChI=1S/C8H6N2.C3H8.C2H6/c1-2-7-3-5-9-6-8(7)10-4-1;1-3-2;1-2/h1-6H;3H2,1-2H3;1-2H3. The third-order valence-corrected chi connectivity index (χ3v) is 1.41. The van der Waals surface area contributed by atoms with E-state index in [9.17, 15) is 0 Å². The van der Waals surface area contributed by atoms with Crippen molar-refractivity contribution in [1.29, 1.82) is 0 Å². The van der Waals surface area contributed by atoms with E-state index in [1.54, 1.807) is 18.6 Å². The Balaban J connectivity index is 0.000000342. The van der Waals surface area contributed by atoms with Gasteiger partial charge in [0.15, 0.2) is 0 Å². The molecule has 2 rings (SSSR count). The molecule has 2 heteroatoms. The number of aromatic nitrogens is 2. The van der Waals surface area contributed by atoms with Gasteiger partial charge < -0.3 is 0 Å². The molecule has 0 radical (unpaired) electrons. The SMILES string of the molecule is CC.CCC.c1cnc2cnccc2c1. The Bertz CT molecular complexity index is 293. The fraction of sp³-hybridized carbons (Fsp3) is 0.385. The van der Waals surface area contributed by atoms with E-state index >= 15 is 0 Å². The van der Waals surface area contributed by atoms with Crippen molar-refractivity contribution in [3.8, 4) is 0 Å². The minimum Gasteiger partial charge on any atom is -0.262 e. The van der Waals surface area contributed by atoms with E-state index in [1.807, 2.05) is 32.0 Å². The second-order valence-corrected chi connectivity index (χ2v) is 2.78. The molecule has 0 aliphatic carbocycles. The first-order valence-electron chi connectivity index (χ1n) is 5.53. The Kier molecular flexibility index (Phi) is 8.25. The molecular formula is C13H20N2. The third-order valence-electron chi connectivity index (χ3n) is 1.41. The monoisotopic (exact) mass is 204 g/mol. The highest BCUT2D eigenvalue weighted by atomic mass is 14.7.